The van der Waals surface area contributed by atoms with Crippen LogP contribution in [0.1, 0.15) is 11.1 Å². The standard InChI is InChI=1S/C16H13BrN2O2/c1-9-3-4-11(8-14(9)17)15-18-16(21-19-15)13-6-5-12(20)7-10(13)2/h3-8,20H,1-2H3. The molecule has 4 nitrogen and oxygen atoms in total. The van der Waals surface area contributed by atoms with E-state index in [4.69, 9.17) is 4.52 Å². The average Bonchev–Trinajstić information content (AvgIpc) is 2.91. The summed E-state index contributed by atoms with van der Waals surface area (Å²) in [5, 5.41) is 13.5. The molecule has 21 heavy (non-hydrogen) atoms. The zero-order valence-corrected chi connectivity index (χ0v) is 13.2. The average molecular weight is 345 g/mol. The molecule has 0 saturated carbocycles. The van der Waals surface area contributed by atoms with Crippen LogP contribution in [0.3, 0.4) is 0 Å². The van der Waals surface area contributed by atoms with Crippen molar-refractivity contribution in [3.63, 3.8) is 0 Å². The van der Waals surface area contributed by atoms with E-state index in [9.17, 15) is 5.11 Å². The lowest BCUT2D eigenvalue weighted by Crippen LogP contribution is -1.85. The second kappa shape index (κ2) is 5.33. The number of phenolic OH excluding ortho intramolecular Hbond substituents is 1. The fraction of sp³-hybridized carbons (Fsp3) is 0.125. The van der Waals surface area contributed by atoms with E-state index in [1.54, 1.807) is 18.2 Å². The van der Waals surface area contributed by atoms with Gasteiger partial charge in [0.15, 0.2) is 0 Å². The predicted octanol–water partition coefficient (Wildman–Crippen LogP) is 4.49. The molecule has 106 valence electrons. The molecule has 0 bridgehead atoms. The Kier molecular flexibility index (Phi) is 3.51. The molecule has 0 aliphatic heterocycles. The number of halogens is 1. The topological polar surface area (TPSA) is 59.2 Å². The van der Waals surface area contributed by atoms with Crippen LogP contribution in [-0.2, 0) is 0 Å². The van der Waals surface area contributed by atoms with Gasteiger partial charge in [-0.05, 0) is 49.2 Å². The molecular weight excluding hydrogens is 332 g/mol. The molecule has 0 spiro atoms. The van der Waals surface area contributed by atoms with Gasteiger partial charge >= 0.3 is 0 Å². The van der Waals surface area contributed by atoms with Crippen LogP contribution in [0.4, 0.5) is 0 Å². The molecule has 0 radical (unpaired) electrons. The van der Waals surface area contributed by atoms with E-state index in [1.807, 2.05) is 32.0 Å². The molecule has 3 rings (SSSR count). The first kappa shape index (κ1) is 13.8. The third kappa shape index (κ3) is 2.69. The molecular formula is C16H13BrN2O2. The molecule has 1 aromatic heterocycles. The Morgan fingerprint density at radius 3 is 2.57 bits per heavy atom. The number of aromatic hydroxyl groups is 1. The van der Waals surface area contributed by atoms with Crippen LogP contribution in [0, 0.1) is 13.8 Å². The van der Waals surface area contributed by atoms with Gasteiger partial charge in [0, 0.05) is 15.6 Å². The Hall–Kier alpha value is -2.14. The lowest BCUT2D eigenvalue weighted by molar-refractivity contribution is 0.432. The fourth-order valence-corrected chi connectivity index (χ4v) is 2.45. The van der Waals surface area contributed by atoms with Gasteiger partial charge in [0.2, 0.25) is 5.82 Å². The lowest BCUT2D eigenvalue weighted by Gasteiger charge is -2.01. The first-order valence-corrected chi connectivity index (χ1v) is 7.24. The molecule has 0 aliphatic carbocycles. The molecule has 0 aliphatic rings. The van der Waals surface area contributed by atoms with Crippen molar-refractivity contribution in [1.29, 1.82) is 0 Å². The number of nitrogens with zero attached hydrogens (tertiary/aromatic N) is 2. The van der Waals surface area contributed by atoms with Gasteiger partial charge < -0.3 is 9.63 Å². The number of aryl methyl sites for hydroxylation is 2. The van der Waals surface area contributed by atoms with Gasteiger partial charge in [0.05, 0.1) is 0 Å². The predicted molar refractivity (Wildman–Crippen MR) is 84.0 cm³/mol. The summed E-state index contributed by atoms with van der Waals surface area (Å²) in [6, 6.07) is 11.0. The SMILES string of the molecule is Cc1ccc(-c2noc(-c3ccc(O)cc3C)n2)cc1Br. The van der Waals surface area contributed by atoms with Crippen LogP contribution in [0.5, 0.6) is 5.75 Å². The molecule has 3 aromatic rings. The number of hydrogen-bond acceptors (Lipinski definition) is 4. The van der Waals surface area contributed by atoms with Crippen molar-refractivity contribution in [1.82, 2.24) is 10.1 Å². The van der Waals surface area contributed by atoms with Crippen molar-refractivity contribution in [3.05, 3.63) is 52.0 Å². The minimum atomic E-state index is 0.221. The molecule has 5 heteroatoms. The molecule has 1 N–H and O–H groups in total. The highest BCUT2D eigenvalue weighted by Gasteiger charge is 2.13. The maximum absolute atomic E-state index is 9.45. The van der Waals surface area contributed by atoms with Crippen LogP contribution < -0.4 is 0 Å². The van der Waals surface area contributed by atoms with E-state index in [2.05, 4.69) is 26.1 Å². The molecule has 0 saturated heterocycles. The number of aromatic nitrogens is 2. The van der Waals surface area contributed by atoms with Gasteiger partial charge in [-0.2, -0.15) is 4.98 Å². The highest BCUT2D eigenvalue weighted by atomic mass is 79.9. The normalized spacial score (nSPS) is 10.8. The Morgan fingerprint density at radius 2 is 1.86 bits per heavy atom. The molecule has 0 fully saturated rings. The summed E-state index contributed by atoms with van der Waals surface area (Å²) < 4.78 is 6.34. The number of phenols is 1. The lowest BCUT2D eigenvalue weighted by atomic mass is 10.1. The highest BCUT2D eigenvalue weighted by molar-refractivity contribution is 9.10. The van der Waals surface area contributed by atoms with Crippen molar-refractivity contribution < 1.29 is 9.63 Å². The zero-order valence-electron chi connectivity index (χ0n) is 11.6. The molecule has 0 amide bonds. The minimum absolute atomic E-state index is 0.221. The summed E-state index contributed by atoms with van der Waals surface area (Å²) in [5.41, 5.74) is 3.74. The van der Waals surface area contributed by atoms with Crippen molar-refractivity contribution in [3.8, 4) is 28.6 Å². The Labute approximate surface area is 130 Å². The maximum Gasteiger partial charge on any atom is 0.258 e. The van der Waals surface area contributed by atoms with Crippen LogP contribution in [0.2, 0.25) is 0 Å². The summed E-state index contributed by atoms with van der Waals surface area (Å²) in [7, 11) is 0. The van der Waals surface area contributed by atoms with E-state index >= 15 is 0 Å². The third-order valence-electron chi connectivity index (χ3n) is 3.30. The first-order valence-electron chi connectivity index (χ1n) is 6.45. The summed E-state index contributed by atoms with van der Waals surface area (Å²) in [5.74, 6) is 1.20. The smallest absolute Gasteiger partial charge is 0.258 e. The highest BCUT2D eigenvalue weighted by Crippen LogP contribution is 2.28. The Balaban J connectivity index is 2.01. The van der Waals surface area contributed by atoms with E-state index in [0.29, 0.717) is 11.7 Å². The van der Waals surface area contributed by atoms with Gasteiger partial charge in [-0.3, -0.25) is 0 Å². The van der Waals surface area contributed by atoms with Crippen LogP contribution >= 0.6 is 15.9 Å². The summed E-state index contributed by atoms with van der Waals surface area (Å²) >= 11 is 3.50. The Morgan fingerprint density at radius 1 is 1.05 bits per heavy atom. The van der Waals surface area contributed by atoms with Crippen LogP contribution in [0.25, 0.3) is 22.8 Å². The first-order chi connectivity index (χ1) is 10.0. The van der Waals surface area contributed by atoms with Gasteiger partial charge in [0.25, 0.3) is 5.89 Å². The van der Waals surface area contributed by atoms with Gasteiger partial charge in [-0.15, -0.1) is 0 Å². The molecule has 1 heterocycles. The number of hydrogen-bond donors (Lipinski definition) is 1. The third-order valence-corrected chi connectivity index (χ3v) is 4.15. The second-order valence-electron chi connectivity index (χ2n) is 4.89. The van der Waals surface area contributed by atoms with E-state index in [1.165, 1.54) is 0 Å². The minimum Gasteiger partial charge on any atom is -0.508 e. The van der Waals surface area contributed by atoms with Gasteiger partial charge in [-0.25, -0.2) is 0 Å². The Bertz CT molecular complexity index is 812. The summed E-state index contributed by atoms with van der Waals surface area (Å²) in [6.07, 6.45) is 0. The van der Waals surface area contributed by atoms with Crippen molar-refractivity contribution in [2.24, 2.45) is 0 Å². The maximum atomic E-state index is 9.45. The van der Waals surface area contributed by atoms with Crippen LogP contribution in [-0.4, -0.2) is 15.2 Å². The fourth-order valence-electron chi connectivity index (χ4n) is 2.07. The second-order valence-corrected chi connectivity index (χ2v) is 5.74. The number of rotatable bonds is 2. The zero-order chi connectivity index (χ0) is 15.0. The van der Waals surface area contributed by atoms with Gasteiger partial charge in [-0.1, -0.05) is 33.2 Å². The summed E-state index contributed by atoms with van der Waals surface area (Å²) in [4.78, 5) is 4.43. The van der Waals surface area contributed by atoms with Gasteiger partial charge in [0.1, 0.15) is 5.75 Å². The summed E-state index contributed by atoms with van der Waals surface area (Å²) in [6.45, 7) is 3.91. The largest absolute Gasteiger partial charge is 0.508 e. The quantitative estimate of drug-likeness (QED) is 0.744. The van der Waals surface area contributed by atoms with E-state index < -0.39 is 0 Å². The van der Waals surface area contributed by atoms with E-state index in [-0.39, 0.29) is 5.75 Å². The monoisotopic (exact) mass is 344 g/mol. The number of benzene rings is 2. The van der Waals surface area contributed by atoms with Crippen molar-refractivity contribution in [2.45, 2.75) is 13.8 Å². The van der Waals surface area contributed by atoms with E-state index in [0.717, 1.165) is 26.7 Å². The van der Waals surface area contributed by atoms with Crippen LogP contribution in [0.15, 0.2) is 45.4 Å². The van der Waals surface area contributed by atoms with Crippen molar-refractivity contribution >= 4 is 15.9 Å². The molecule has 2 aromatic carbocycles. The molecule has 0 unspecified atom stereocenters. The van der Waals surface area contributed by atoms with Crippen molar-refractivity contribution in [2.75, 3.05) is 0 Å². The molecule has 0 atom stereocenters.